The molecule has 0 bridgehead atoms. The van der Waals surface area contributed by atoms with Crippen molar-refractivity contribution in [2.45, 2.75) is 52.1 Å². The molecule has 0 aliphatic heterocycles. The lowest BCUT2D eigenvalue weighted by Crippen LogP contribution is -2.37. The second-order valence-corrected chi connectivity index (χ2v) is 7.10. The van der Waals surface area contributed by atoms with Gasteiger partial charge in [0.2, 0.25) is 0 Å². The first-order valence-corrected chi connectivity index (χ1v) is 8.40. The van der Waals surface area contributed by atoms with E-state index in [2.05, 4.69) is 54.2 Å². The van der Waals surface area contributed by atoms with Gasteiger partial charge in [-0.1, -0.05) is 19.9 Å². The Hall–Kier alpha value is -0.540. The molecule has 1 aromatic carbocycles. The van der Waals surface area contributed by atoms with Gasteiger partial charge in [0.1, 0.15) is 5.75 Å². The van der Waals surface area contributed by atoms with E-state index in [-0.39, 0.29) is 0 Å². The number of hydrogen-bond acceptors (Lipinski definition) is 2. The SMILES string of the molecule is COc1ccc(C(C)NC2CCC(C)C(C)C2)cc1Br. The van der Waals surface area contributed by atoms with E-state index in [1.807, 2.05) is 6.07 Å². The molecule has 0 saturated heterocycles. The van der Waals surface area contributed by atoms with Crippen LogP contribution in [0.5, 0.6) is 5.75 Å². The smallest absolute Gasteiger partial charge is 0.133 e. The molecule has 0 spiro atoms. The third-order valence-corrected chi connectivity index (χ3v) is 5.38. The quantitative estimate of drug-likeness (QED) is 0.839. The Morgan fingerprint density at radius 1 is 1.25 bits per heavy atom. The zero-order valence-electron chi connectivity index (χ0n) is 12.9. The highest BCUT2D eigenvalue weighted by Gasteiger charge is 2.25. The average molecular weight is 340 g/mol. The van der Waals surface area contributed by atoms with E-state index in [1.165, 1.54) is 24.8 Å². The molecule has 0 radical (unpaired) electrons. The van der Waals surface area contributed by atoms with Crippen LogP contribution in [0.1, 0.15) is 51.6 Å². The lowest BCUT2D eigenvalue weighted by molar-refractivity contribution is 0.217. The third kappa shape index (κ3) is 3.76. The Kier molecular flexibility index (Phi) is 5.50. The standard InChI is InChI=1S/C17H26BrNO/c1-11-5-7-15(9-12(11)2)19-13(3)14-6-8-17(20-4)16(18)10-14/h6,8,10-13,15,19H,5,7,9H2,1-4H3. The Morgan fingerprint density at radius 2 is 2.00 bits per heavy atom. The van der Waals surface area contributed by atoms with Crippen molar-refractivity contribution in [1.29, 1.82) is 0 Å². The van der Waals surface area contributed by atoms with Crippen molar-refractivity contribution in [3.05, 3.63) is 28.2 Å². The van der Waals surface area contributed by atoms with Gasteiger partial charge in [-0.05, 0) is 71.6 Å². The van der Waals surface area contributed by atoms with Gasteiger partial charge >= 0.3 is 0 Å². The van der Waals surface area contributed by atoms with Crippen LogP contribution < -0.4 is 10.1 Å². The number of hydrogen-bond donors (Lipinski definition) is 1. The van der Waals surface area contributed by atoms with Crippen LogP contribution >= 0.6 is 15.9 Å². The van der Waals surface area contributed by atoms with Gasteiger partial charge < -0.3 is 10.1 Å². The first kappa shape index (κ1) is 15.8. The molecular formula is C17H26BrNO. The van der Waals surface area contributed by atoms with Crippen LogP contribution in [0.2, 0.25) is 0 Å². The maximum absolute atomic E-state index is 5.29. The van der Waals surface area contributed by atoms with Gasteiger partial charge in [-0.25, -0.2) is 0 Å². The average Bonchev–Trinajstić information content (AvgIpc) is 2.42. The maximum atomic E-state index is 5.29. The fourth-order valence-electron chi connectivity index (χ4n) is 3.10. The molecule has 20 heavy (non-hydrogen) atoms. The van der Waals surface area contributed by atoms with E-state index in [0.717, 1.165) is 22.1 Å². The summed E-state index contributed by atoms with van der Waals surface area (Å²) in [5.41, 5.74) is 1.31. The summed E-state index contributed by atoms with van der Waals surface area (Å²) in [6, 6.07) is 7.37. The van der Waals surface area contributed by atoms with Gasteiger partial charge in [0.25, 0.3) is 0 Å². The molecule has 0 aromatic heterocycles. The van der Waals surface area contributed by atoms with Gasteiger partial charge in [0, 0.05) is 12.1 Å². The lowest BCUT2D eigenvalue weighted by atomic mass is 9.79. The lowest BCUT2D eigenvalue weighted by Gasteiger charge is -2.34. The fraction of sp³-hybridized carbons (Fsp3) is 0.647. The van der Waals surface area contributed by atoms with E-state index in [4.69, 9.17) is 4.74 Å². The zero-order chi connectivity index (χ0) is 14.7. The van der Waals surface area contributed by atoms with Crippen LogP contribution in [-0.2, 0) is 0 Å². The molecule has 112 valence electrons. The molecular weight excluding hydrogens is 314 g/mol. The van der Waals surface area contributed by atoms with Crippen molar-refractivity contribution < 1.29 is 4.74 Å². The molecule has 0 amide bonds. The third-order valence-electron chi connectivity index (χ3n) is 4.76. The highest BCUT2D eigenvalue weighted by Crippen LogP contribution is 2.32. The van der Waals surface area contributed by atoms with Crippen LogP contribution in [0.15, 0.2) is 22.7 Å². The van der Waals surface area contributed by atoms with Gasteiger partial charge in [-0.15, -0.1) is 0 Å². The first-order valence-electron chi connectivity index (χ1n) is 7.60. The number of rotatable bonds is 4. The summed E-state index contributed by atoms with van der Waals surface area (Å²) in [6.45, 7) is 7.01. The Labute approximate surface area is 131 Å². The van der Waals surface area contributed by atoms with E-state index < -0.39 is 0 Å². The van der Waals surface area contributed by atoms with Crippen LogP contribution in [-0.4, -0.2) is 13.2 Å². The van der Waals surface area contributed by atoms with Crippen molar-refractivity contribution in [3.8, 4) is 5.75 Å². The van der Waals surface area contributed by atoms with E-state index in [1.54, 1.807) is 7.11 Å². The number of ether oxygens (including phenoxy) is 1. The number of nitrogens with one attached hydrogen (secondary N) is 1. The Balaban J connectivity index is 1.98. The molecule has 1 aliphatic carbocycles. The molecule has 1 fully saturated rings. The minimum Gasteiger partial charge on any atom is -0.496 e. The normalized spacial score (nSPS) is 28.1. The summed E-state index contributed by atoms with van der Waals surface area (Å²) in [4.78, 5) is 0. The molecule has 1 N–H and O–H groups in total. The molecule has 1 saturated carbocycles. The largest absolute Gasteiger partial charge is 0.496 e. The second-order valence-electron chi connectivity index (χ2n) is 6.25. The Morgan fingerprint density at radius 3 is 2.60 bits per heavy atom. The minimum atomic E-state index is 0.378. The molecule has 4 atom stereocenters. The van der Waals surface area contributed by atoms with Crippen molar-refractivity contribution in [2.24, 2.45) is 11.8 Å². The number of methoxy groups -OCH3 is 1. The van der Waals surface area contributed by atoms with E-state index in [0.29, 0.717) is 12.1 Å². The van der Waals surface area contributed by atoms with Gasteiger partial charge in [0.05, 0.1) is 11.6 Å². The van der Waals surface area contributed by atoms with E-state index >= 15 is 0 Å². The summed E-state index contributed by atoms with van der Waals surface area (Å²) in [5.74, 6) is 2.59. The van der Waals surface area contributed by atoms with Gasteiger partial charge in [-0.2, -0.15) is 0 Å². The minimum absolute atomic E-state index is 0.378. The molecule has 1 aliphatic rings. The summed E-state index contributed by atoms with van der Waals surface area (Å²) < 4.78 is 6.31. The highest BCUT2D eigenvalue weighted by molar-refractivity contribution is 9.10. The van der Waals surface area contributed by atoms with Crippen molar-refractivity contribution in [2.75, 3.05) is 7.11 Å². The predicted molar refractivity (Wildman–Crippen MR) is 88.2 cm³/mol. The molecule has 1 aromatic rings. The monoisotopic (exact) mass is 339 g/mol. The van der Waals surface area contributed by atoms with Crippen LogP contribution in [0.3, 0.4) is 0 Å². The highest BCUT2D eigenvalue weighted by atomic mass is 79.9. The van der Waals surface area contributed by atoms with Crippen LogP contribution in [0, 0.1) is 11.8 Å². The van der Waals surface area contributed by atoms with Crippen LogP contribution in [0.25, 0.3) is 0 Å². The molecule has 2 nitrogen and oxygen atoms in total. The Bertz CT molecular complexity index is 449. The van der Waals surface area contributed by atoms with Crippen molar-refractivity contribution in [1.82, 2.24) is 5.32 Å². The summed E-state index contributed by atoms with van der Waals surface area (Å²) in [6.07, 6.45) is 3.94. The maximum Gasteiger partial charge on any atom is 0.133 e. The van der Waals surface area contributed by atoms with Crippen LogP contribution in [0.4, 0.5) is 0 Å². The molecule has 4 unspecified atom stereocenters. The number of benzene rings is 1. The first-order chi connectivity index (χ1) is 9.51. The summed E-state index contributed by atoms with van der Waals surface area (Å²) in [5, 5.41) is 3.79. The topological polar surface area (TPSA) is 21.3 Å². The molecule has 2 rings (SSSR count). The molecule has 0 heterocycles. The number of halogens is 1. The molecule has 3 heteroatoms. The van der Waals surface area contributed by atoms with Gasteiger partial charge in [-0.3, -0.25) is 0 Å². The summed E-state index contributed by atoms with van der Waals surface area (Å²) >= 11 is 3.57. The summed E-state index contributed by atoms with van der Waals surface area (Å²) in [7, 11) is 1.70. The predicted octanol–water partition coefficient (Wildman–Crippen LogP) is 4.93. The van der Waals surface area contributed by atoms with E-state index in [9.17, 15) is 0 Å². The zero-order valence-corrected chi connectivity index (χ0v) is 14.5. The second kappa shape index (κ2) is 6.95. The van der Waals surface area contributed by atoms with Gasteiger partial charge in [0.15, 0.2) is 0 Å². The fourth-order valence-corrected chi connectivity index (χ4v) is 3.66. The van der Waals surface area contributed by atoms with Crippen molar-refractivity contribution >= 4 is 15.9 Å². The van der Waals surface area contributed by atoms with Crippen molar-refractivity contribution in [3.63, 3.8) is 0 Å².